The summed E-state index contributed by atoms with van der Waals surface area (Å²) >= 11 is 0. The Balaban J connectivity index is 1.82. The summed E-state index contributed by atoms with van der Waals surface area (Å²) in [6.45, 7) is 4.37. The average Bonchev–Trinajstić information content (AvgIpc) is 2.43. The van der Waals surface area contributed by atoms with Gasteiger partial charge in [0.05, 0.1) is 12.7 Å². The van der Waals surface area contributed by atoms with E-state index in [-0.39, 0.29) is 5.82 Å². The molecule has 0 aliphatic carbocycles. The summed E-state index contributed by atoms with van der Waals surface area (Å²) in [6.07, 6.45) is 0.431. The van der Waals surface area contributed by atoms with Crippen LogP contribution in [0.2, 0.25) is 0 Å². The third-order valence-corrected chi connectivity index (χ3v) is 3.48. The van der Waals surface area contributed by atoms with E-state index in [1.807, 2.05) is 38.1 Å². The third kappa shape index (κ3) is 4.87. The van der Waals surface area contributed by atoms with Gasteiger partial charge in [0.1, 0.15) is 11.6 Å². The number of aliphatic hydroxyl groups is 1. The summed E-state index contributed by atoms with van der Waals surface area (Å²) in [5.41, 5.74) is 2.98. The highest BCUT2D eigenvalue weighted by atomic mass is 19.1. The van der Waals surface area contributed by atoms with Crippen molar-refractivity contribution in [3.05, 3.63) is 65.0 Å². The predicted molar refractivity (Wildman–Crippen MR) is 82.1 cm³/mol. The maximum Gasteiger partial charge on any atom is 0.123 e. The van der Waals surface area contributed by atoms with Crippen molar-refractivity contribution in [2.24, 2.45) is 0 Å². The molecule has 0 radical (unpaired) electrons. The van der Waals surface area contributed by atoms with Crippen molar-refractivity contribution in [3.63, 3.8) is 0 Å². The molecule has 112 valence electrons. The van der Waals surface area contributed by atoms with Crippen molar-refractivity contribution < 1.29 is 14.2 Å². The van der Waals surface area contributed by atoms with Gasteiger partial charge in [0.15, 0.2) is 0 Å². The molecule has 0 aliphatic heterocycles. The fourth-order valence-electron chi connectivity index (χ4n) is 2.23. The van der Waals surface area contributed by atoms with E-state index in [0.717, 1.165) is 22.4 Å². The van der Waals surface area contributed by atoms with Gasteiger partial charge in [-0.25, -0.2) is 4.39 Å². The highest BCUT2D eigenvalue weighted by molar-refractivity contribution is 5.28. The van der Waals surface area contributed by atoms with Crippen LogP contribution in [0.3, 0.4) is 0 Å². The lowest BCUT2D eigenvalue weighted by Gasteiger charge is -2.13. The van der Waals surface area contributed by atoms with Crippen LogP contribution in [0.15, 0.2) is 42.5 Å². The molecule has 0 aromatic heterocycles. The molecular weight excluding hydrogens is 267 g/mol. The van der Waals surface area contributed by atoms with Crippen LogP contribution in [0.5, 0.6) is 5.75 Å². The summed E-state index contributed by atoms with van der Waals surface area (Å²) < 4.78 is 18.8. The predicted octanol–water partition coefficient (Wildman–Crippen LogP) is 3.82. The van der Waals surface area contributed by atoms with Gasteiger partial charge in [-0.05, 0) is 61.2 Å². The molecule has 2 nitrogen and oxygen atoms in total. The van der Waals surface area contributed by atoms with E-state index in [1.54, 1.807) is 6.07 Å². The molecule has 0 amide bonds. The number of aryl methyl sites for hydroxylation is 2. The SMILES string of the molecule is Cc1cccc(OCCC(O)Cc2cc(F)ccc2C)c1. The van der Waals surface area contributed by atoms with Gasteiger partial charge in [-0.2, -0.15) is 0 Å². The van der Waals surface area contributed by atoms with Gasteiger partial charge in [0, 0.05) is 6.42 Å². The van der Waals surface area contributed by atoms with Crippen LogP contribution in [0, 0.1) is 19.7 Å². The zero-order chi connectivity index (χ0) is 15.2. The summed E-state index contributed by atoms with van der Waals surface area (Å²) in [7, 11) is 0. The van der Waals surface area contributed by atoms with E-state index in [9.17, 15) is 9.50 Å². The second kappa shape index (κ2) is 7.23. The fourth-order valence-corrected chi connectivity index (χ4v) is 2.23. The summed E-state index contributed by atoms with van der Waals surface area (Å²) in [6, 6.07) is 12.5. The van der Waals surface area contributed by atoms with Crippen LogP contribution in [-0.4, -0.2) is 17.8 Å². The Hall–Kier alpha value is -1.87. The molecule has 0 saturated carbocycles. The van der Waals surface area contributed by atoms with Crippen LogP contribution in [0.4, 0.5) is 4.39 Å². The summed E-state index contributed by atoms with van der Waals surface area (Å²) in [5.74, 6) is 0.544. The summed E-state index contributed by atoms with van der Waals surface area (Å²) in [5, 5.41) is 10.0. The molecule has 0 heterocycles. The number of hydrogen-bond acceptors (Lipinski definition) is 2. The molecule has 0 fully saturated rings. The van der Waals surface area contributed by atoms with E-state index < -0.39 is 6.10 Å². The Morgan fingerprint density at radius 2 is 1.95 bits per heavy atom. The maximum absolute atomic E-state index is 13.2. The Morgan fingerprint density at radius 1 is 1.14 bits per heavy atom. The van der Waals surface area contributed by atoms with E-state index in [0.29, 0.717) is 19.4 Å². The first-order valence-corrected chi connectivity index (χ1v) is 7.17. The lowest BCUT2D eigenvalue weighted by molar-refractivity contribution is 0.139. The molecule has 0 saturated heterocycles. The summed E-state index contributed by atoms with van der Waals surface area (Å²) in [4.78, 5) is 0. The second-order valence-corrected chi connectivity index (χ2v) is 5.38. The Bertz CT molecular complexity index is 596. The largest absolute Gasteiger partial charge is 0.493 e. The van der Waals surface area contributed by atoms with Crippen molar-refractivity contribution in [1.29, 1.82) is 0 Å². The van der Waals surface area contributed by atoms with Gasteiger partial charge in [0.2, 0.25) is 0 Å². The molecule has 0 spiro atoms. The minimum Gasteiger partial charge on any atom is -0.493 e. The minimum absolute atomic E-state index is 0.265. The Labute approximate surface area is 125 Å². The van der Waals surface area contributed by atoms with Gasteiger partial charge in [0.25, 0.3) is 0 Å². The molecule has 1 atom stereocenters. The van der Waals surface area contributed by atoms with Crippen molar-refractivity contribution >= 4 is 0 Å². The van der Waals surface area contributed by atoms with Crippen molar-refractivity contribution in [2.45, 2.75) is 32.8 Å². The highest BCUT2D eigenvalue weighted by Crippen LogP contribution is 2.15. The van der Waals surface area contributed by atoms with E-state index in [1.165, 1.54) is 12.1 Å². The molecule has 1 unspecified atom stereocenters. The van der Waals surface area contributed by atoms with E-state index in [2.05, 4.69) is 0 Å². The van der Waals surface area contributed by atoms with Crippen LogP contribution in [0.1, 0.15) is 23.1 Å². The van der Waals surface area contributed by atoms with Gasteiger partial charge >= 0.3 is 0 Å². The van der Waals surface area contributed by atoms with Gasteiger partial charge < -0.3 is 9.84 Å². The molecule has 3 heteroatoms. The molecular formula is C18H21FO2. The van der Waals surface area contributed by atoms with Crippen molar-refractivity contribution in [2.75, 3.05) is 6.61 Å². The molecule has 21 heavy (non-hydrogen) atoms. The number of hydrogen-bond donors (Lipinski definition) is 1. The molecule has 2 aromatic rings. The Kier molecular flexibility index (Phi) is 5.34. The smallest absolute Gasteiger partial charge is 0.123 e. The Morgan fingerprint density at radius 3 is 2.71 bits per heavy atom. The van der Waals surface area contributed by atoms with Crippen LogP contribution in [0.25, 0.3) is 0 Å². The molecule has 1 N–H and O–H groups in total. The van der Waals surface area contributed by atoms with Crippen LogP contribution < -0.4 is 4.74 Å². The normalized spacial score (nSPS) is 12.2. The van der Waals surface area contributed by atoms with E-state index >= 15 is 0 Å². The van der Waals surface area contributed by atoms with Gasteiger partial charge in [-0.15, -0.1) is 0 Å². The van der Waals surface area contributed by atoms with Crippen molar-refractivity contribution in [1.82, 2.24) is 0 Å². The quantitative estimate of drug-likeness (QED) is 0.875. The lowest BCUT2D eigenvalue weighted by atomic mass is 10.0. The first kappa shape index (κ1) is 15.5. The molecule has 0 aliphatic rings. The van der Waals surface area contributed by atoms with Gasteiger partial charge in [-0.1, -0.05) is 18.2 Å². The topological polar surface area (TPSA) is 29.5 Å². The minimum atomic E-state index is -0.532. The first-order chi connectivity index (χ1) is 10.0. The maximum atomic E-state index is 13.2. The molecule has 2 aromatic carbocycles. The molecule has 0 bridgehead atoms. The highest BCUT2D eigenvalue weighted by Gasteiger charge is 2.09. The van der Waals surface area contributed by atoms with Crippen molar-refractivity contribution in [3.8, 4) is 5.75 Å². The van der Waals surface area contributed by atoms with E-state index in [4.69, 9.17) is 4.74 Å². The standard InChI is InChI=1S/C18H21FO2/c1-13-4-3-5-18(10-13)21-9-8-17(20)12-15-11-16(19)7-6-14(15)2/h3-7,10-11,17,20H,8-9,12H2,1-2H3. The van der Waals surface area contributed by atoms with Gasteiger partial charge in [-0.3, -0.25) is 0 Å². The average molecular weight is 288 g/mol. The number of halogens is 1. The lowest BCUT2D eigenvalue weighted by Crippen LogP contribution is -2.15. The number of aliphatic hydroxyl groups excluding tert-OH is 1. The van der Waals surface area contributed by atoms with Crippen LogP contribution in [-0.2, 0) is 6.42 Å². The number of ether oxygens (including phenoxy) is 1. The third-order valence-electron chi connectivity index (χ3n) is 3.48. The monoisotopic (exact) mass is 288 g/mol. The number of rotatable bonds is 6. The molecule has 2 rings (SSSR count). The number of benzene rings is 2. The zero-order valence-electron chi connectivity index (χ0n) is 12.5. The van der Waals surface area contributed by atoms with Crippen LogP contribution >= 0.6 is 0 Å². The zero-order valence-corrected chi connectivity index (χ0v) is 12.5. The fraction of sp³-hybridized carbons (Fsp3) is 0.333. The first-order valence-electron chi connectivity index (χ1n) is 7.17. The second-order valence-electron chi connectivity index (χ2n) is 5.38.